The van der Waals surface area contributed by atoms with E-state index in [-0.39, 0.29) is 0 Å². The predicted octanol–water partition coefficient (Wildman–Crippen LogP) is 4.88. The van der Waals surface area contributed by atoms with Crippen LogP contribution in [0.25, 0.3) is 0 Å². The van der Waals surface area contributed by atoms with Crippen molar-refractivity contribution in [3.63, 3.8) is 0 Å². The average Bonchev–Trinajstić information content (AvgIpc) is 2.81. The fourth-order valence-electron chi connectivity index (χ4n) is 1.44. The molecule has 0 atom stereocenters. The van der Waals surface area contributed by atoms with Crippen molar-refractivity contribution in [1.29, 1.82) is 0 Å². The molecule has 0 aliphatic heterocycles. The van der Waals surface area contributed by atoms with E-state index in [1.807, 2.05) is 24.3 Å². The number of halogens is 1. The van der Waals surface area contributed by atoms with Gasteiger partial charge in [-0.25, -0.2) is 0 Å². The van der Waals surface area contributed by atoms with Gasteiger partial charge >= 0.3 is 0 Å². The molecule has 1 aromatic heterocycles. The quantitative estimate of drug-likeness (QED) is 0.753. The summed E-state index contributed by atoms with van der Waals surface area (Å²) in [5.74, 6) is 1.76. The van der Waals surface area contributed by atoms with Crippen molar-refractivity contribution in [2.45, 2.75) is 20.0 Å². The molecule has 18 heavy (non-hydrogen) atoms. The first-order chi connectivity index (χ1) is 8.78. The summed E-state index contributed by atoms with van der Waals surface area (Å²) in [5.41, 5.74) is 0. The molecule has 0 saturated carbocycles. The Hall–Kier alpha value is -1.00. The zero-order valence-electron chi connectivity index (χ0n) is 10.2. The van der Waals surface area contributed by atoms with Crippen LogP contribution in [0, 0.1) is 0 Å². The summed E-state index contributed by atoms with van der Waals surface area (Å²) in [5, 5.41) is 2.06. The van der Waals surface area contributed by atoms with Crippen LogP contribution in [0.1, 0.15) is 18.2 Å². The third-order valence-electron chi connectivity index (χ3n) is 2.30. The Morgan fingerprint density at radius 3 is 2.33 bits per heavy atom. The van der Waals surface area contributed by atoms with E-state index in [0.29, 0.717) is 6.61 Å². The Morgan fingerprint density at radius 1 is 1.11 bits per heavy atom. The van der Waals surface area contributed by atoms with E-state index < -0.39 is 0 Å². The molecule has 1 heterocycles. The smallest absolute Gasteiger partial charge is 0.122 e. The van der Waals surface area contributed by atoms with Gasteiger partial charge in [-0.15, -0.1) is 11.3 Å². The van der Waals surface area contributed by atoms with Gasteiger partial charge in [0.05, 0.1) is 6.61 Å². The maximum atomic E-state index is 5.70. The second-order valence-electron chi connectivity index (χ2n) is 3.84. The second kappa shape index (κ2) is 6.81. The Kier molecular flexibility index (Phi) is 5.08. The summed E-state index contributed by atoms with van der Waals surface area (Å²) in [4.78, 5) is 1.20. The molecular formula is C14H15BrO2S. The van der Waals surface area contributed by atoms with Gasteiger partial charge in [0.2, 0.25) is 0 Å². The van der Waals surface area contributed by atoms with Crippen molar-refractivity contribution in [2.24, 2.45) is 0 Å². The van der Waals surface area contributed by atoms with E-state index in [1.165, 1.54) is 4.88 Å². The van der Waals surface area contributed by atoms with Crippen molar-refractivity contribution >= 4 is 27.3 Å². The van der Waals surface area contributed by atoms with Gasteiger partial charge in [-0.2, -0.15) is 0 Å². The van der Waals surface area contributed by atoms with Gasteiger partial charge in [0.25, 0.3) is 0 Å². The summed E-state index contributed by atoms with van der Waals surface area (Å²) >= 11 is 5.12. The zero-order chi connectivity index (χ0) is 12.8. The third kappa shape index (κ3) is 4.03. The first-order valence-electron chi connectivity index (χ1n) is 5.86. The Bertz CT molecular complexity index is 479. The van der Waals surface area contributed by atoms with E-state index in [4.69, 9.17) is 9.47 Å². The van der Waals surface area contributed by atoms with Gasteiger partial charge < -0.3 is 9.47 Å². The Morgan fingerprint density at radius 2 is 1.78 bits per heavy atom. The molecule has 0 spiro atoms. The molecule has 0 aliphatic carbocycles. The molecule has 2 aromatic rings. The molecule has 96 valence electrons. The normalized spacial score (nSPS) is 10.3. The largest absolute Gasteiger partial charge is 0.494 e. The number of benzene rings is 1. The molecule has 1 aromatic carbocycles. The number of ether oxygens (including phenoxy) is 2. The van der Waals surface area contributed by atoms with Crippen molar-refractivity contribution in [2.75, 3.05) is 6.61 Å². The molecule has 0 bridgehead atoms. The van der Waals surface area contributed by atoms with Crippen LogP contribution in [0.15, 0.2) is 40.2 Å². The summed E-state index contributed by atoms with van der Waals surface area (Å²) in [6.45, 7) is 3.45. The van der Waals surface area contributed by atoms with E-state index >= 15 is 0 Å². The molecule has 2 nitrogen and oxygen atoms in total. The van der Waals surface area contributed by atoms with Crippen LogP contribution in [0.3, 0.4) is 0 Å². The van der Waals surface area contributed by atoms with Gasteiger partial charge in [0.15, 0.2) is 0 Å². The van der Waals surface area contributed by atoms with Crippen molar-refractivity contribution in [3.05, 3.63) is 45.1 Å². The summed E-state index contributed by atoms with van der Waals surface area (Å²) in [6.07, 6.45) is 1.02. The molecule has 0 amide bonds. The van der Waals surface area contributed by atoms with Gasteiger partial charge in [-0.1, -0.05) is 6.92 Å². The van der Waals surface area contributed by atoms with Crippen LogP contribution in [-0.2, 0) is 6.61 Å². The first-order valence-corrected chi connectivity index (χ1v) is 7.54. The lowest BCUT2D eigenvalue weighted by molar-refractivity contribution is 0.304. The van der Waals surface area contributed by atoms with Crippen molar-refractivity contribution in [1.82, 2.24) is 0 Å². The zero-order valence-corrected chi connectivity index (χ0v) is 12.6. The molecule has 0 aliphatic rings. The highest BCUT2D eigenvalue weighted by Gasteiger charge is 2.00. The molecule has 0 N–H and O–H groups in total. The number of thiophene rings is 1. The average molecular weight is 327 g/mol. The summed E-state index contributed by atoms with van der Waals surface area (Å²) in [7, 11) is 0. The maximum Gasteiger partial charge on any atom is 0.122 e. The highest BCUT2D eigenvalue weighted by molar-refractivity contribution is 9.10. The molecule has 0 fully saturated rings. The fraction of sp³-hybridized carbons (Fsp3) is 0.286. The van der Waals surface area contributed by atoms with E-state index in [1.54, 1.807) is 11.3 Å². The predicted molar refractivity (Wildman–Crippen MR) is 78.6 cm³/mol. The fourth-order valence-corrected chi connectivity index (χ4v) is 2.80. The second-order valence-corrected chi connectivity index (χ2v) is 5.75. The van der Waals surface area contributed by atoms with Crippen LogP contribution >= 0.6 is 27.3 Å². The summed E-state index contributed by atoms with van der Waals surface area (Å²) in [6, 6.07) is 9.83. The first kappa shape index (κ1) is 13.4. The number of hydrogen-bond donors (Lipinski definition) is 0. The topological polar surface area (TPSA) is 18.5 Å². The Labute approximate surface area is 120 Å². The molecule has 0 radical (unpaired) electrons. The van der Waals surface area contributed by atoms with Crippen LogP contribution in [-0.4, -0.2) is 6.61 Å². The van der Waals surface area contributed by atoms with Gasteiger partial charge in [0, 0.05) is 14.7 Å². The summed E-state index contributed by atoms with van der Waals surface area (Å²) < 4.78 is 12.3. The lowest BCUT2D eigenvalue weighted by Crippen LogP contribution is -1.95. The van der Waals surface area contributed by atoms with Crippen LogP contribution < -0.4 is 9.47 Å². The van der Waals surface area contributed by atoms with Crippen LogP contribution in [0.2, 0.25) is 0 Å². The SMILES string of the molecule is CCCOc1ccc(OCc2cc(Br)cs2)cc1. The lowest BCUT2D eigenvalue weighted by atomic mass is 10.3. The van der Waals surface area contributed by atoms with Crippen LogP contribution in [0.5, 0.6) is 11.5 Å². The molecule has 0 saturated heterocycles. The lowest BCUT2D eigenvalue weighted by Gasteiger charge is -2.07. The van der Waals surface area contributed by atoms with E-state index in [9.17, 15) is 0 Å². The molecular weight excluding hydrogens is 312 g/mol. The third-order valence-corrected chi connectivity index (χ3v) is 3.97. The standard InChI is InChI=1S/C14H15BrO2S/c1-2-7-16-12-3-5-13(6-4-12)17-9-14-8-11(15)10-18-14/h3-6,8,10H,2,7,9H2,1H3. The van der Waals surface area contributed by atoms with Gasteiger partial charge in [-0.05, 0) is 52.7 Å². The maximum absolute atomic E-state index is 5.70. The molecule has 0 unspecified atom stereocenters. The van der Waals surface area contributed by atoms with Crippen molar-refractivity contribution in [3.8, 4) is 11.5 Å². The van der Waals surface area contributed by atoms with Crippen LogP contribution in [0.4, 0.5) is 0 Å². The molecule has 4 heteroatoms. The highest BCUT2D eigenvalue weighted by atomic mass is 79.9. The molecule has 2 rings (SSSR count). The minimum absolute atomic E-state index is 0.603. The Balaban J connectivity index is 1.86. The number of rotatable bonds is 6. The van der Waals surface area contributed by atoms with Gasteiger partial charge in [-0.3, -0.25) is 0 Å². The monoisotopic (exact) mass is 326 g/mol. The number of hydrogen-bond acceptors (Lipinski definition) is 3. The minimum Gasteiger partial charge on any atom is -0.494 e. The van der Waals surface area contributed by atoms with Crippen molar-refractivity contribution < 1.29 is 9.47 Å². The van der Waals surface area contributed by atoms with E-state index in [2.05, 4.69) is 34.3 Å². The highest BCUT2D eigenvalue weighted by Crippen LogP contribution is 2.23. The van der Waals surface area contributed by atoms with E-state index in [0.717, 1.165) is 29.0 Å². The minimum atomic E-state index is 0.603. The van der Waals surface area contributed by atoms with Gasteiger partial charge in [0.1, 0.15) is 18.1 Å².